The molecule has 0 unspecified atom stereocenters. The van der Waals surface area contributed by atoms with Gasteiger partial charge in [0, 0.05) is 10.8 Å². The van der Waals surface area contributed by atoms with Crippen molar-refractivity contribution in [2.75, 3.05) is 0 Å². The highest BCUT2D eigenvalue weighted by molar-refractivity contribution is 7.63. The lowest BCUT2D eigenvalue weighted by molar-refractivity contribution is 1.30. The number of H-pyrrole nitrogens is 1. The normalized spacial score (nSPS) is 13.6. The second-order valence-corrected chi connectivity index (χ2v) is 11.3. The molecule has 7 rings (SSSR count). The highest BCUT2D eigenvalue weighted by Gasteiger charge is 2.26. The van der Waals surface area contributed by atoms with Gasteiger partial charge < -0.3 is 4.98 Å². The zero-order chi connectivity index (χ0) is 22.6. The summed E-state index contributed by atoms with van der Waals surface area (Å²) in [6.45, 7) is 0. The van der Waals surface area contributed by atoms with Crippen molar-refractivity contribution in [3.05, 3.63) is 125 Å². The van der Waals surface area contributed by atoms with E-state index in [2.05, 4.69) is 83.8 Å². The molecule has 0 bridgehead atoms. The summed E-state index contributed by atoms with van der Waals surface area (Å²) in [6.07, 6.45) is 1.90. The molecule has 0 saturated carbocycles. The van der Waals surface area contributed by atoms with Crippen LogP contribution in [0.4, 0.5) is 0 Å². The van der Waals surface area contributed by atoms with E-state index in [-0.39, 0.29) is 5.56 Å². The first-order valence-electron chi connectivity index (χ1n) is 11.6. The molecule has 6 aromatic rings. The van der Waals surface area contributed by atoms with Crippen molar-refractivity contribution in [1.29, 1.82) is 0 Å². The number of aromatic nitrogens is 1. The van der Waals surface area contributed by atoms with Gasteiger partial charge in [-0.25, -0.2) is 0 Å². The molecule has 0 radical (unpaired) electrons. The Morgan fingerprint density at radius 1 is 0.559 bits per heavy atom. The predicted octanol–water partition coefficient (Wildman–Crippen LogP) is 7.32. The monoisotopic (exact) mass is 455 g/mol. The van der Waals surface area contributed by atoms with Gasteiger partial charge in [-0.2, -0.15) is 0 Å². The molecule has 5 aromatic carbocycles. The van der Waals surface area contributed by atoms with Crippen LogP contribution in [0.15, 0.2) is 108 Å². The average molecular weight is 455 g/mol. The van der Waals surface area contributed by atoms with E-state index in [4.69, 9.17) is 0 Å². The molecule has 1 aliphatic heterocycles. The fourth-order valence-electron chi connectivity index (χ4n) is 5.49. The average Bonchev–Trinajstić information content (AvgIpc) is 3.06. The van der Waals surface area contributed by atoms with Crippen LogP contribution < -0.4 is 11.0 Å². The molecule has 1 N–H and O–H groups in total. The molecule has 0 saturated heterocycles. The fraction of sp³-hybridized carbons (Fsp3) is 0.0645. The Morgan fingerprint density at radius 3 is 1.65 bits per heavy atom. The summed E-state index contributed by atoms with van der Waals surface area (Å²) < 4.78 is 0. The highest BCUT2D eigenvalue weighted by Crippen LogP contribution is 2.52. The van der Waals surface area contributed by atoms with Gasteiger partial charge in [0.25, 0.3) is 5.56 Å². The number of hydrogen-bond acceptors (Lipinski definition) is 1. The maximum absolute atomic E-state index is 12.9. The maximum Gasteiger partial charge on any atom is 0.256 e. The zero-order valence-electron chi connectivity index (χ0n) is 18.6. The first-order chi connectivity index (χ1) is 16.8. The molecule has 0 aliphatic carbocycles. The van der Waals surface area contributed by atoms with E-state index in [1.54, 1.807) is 0 Å². The Labute approximate surface area is 198 Å². The largest absolute Gasteiger partial charge is 0.322 e. The molecule has 0 amide bonds. The smallest absolute Gasteiger partial charge is 0.256 e. The molecule has 0 fully saturated rings. The highest BCUT2D eigenvalue weighted by atomic mass is 31.1. The van der Waals surface area contributed by atoms with Gasteiger partial charge in [-0.3, -0.25) is 4.79 Å². The Kier molecular flexibility index (Phi) is 4.43. The summed E-state index contributed by atoms with van der Waals surface area (Å²) >= 11 is 0. The Hall–Kier alpha value is -3.74. The van der Waals surface area contributed by atoms with Crippen molar-refractivity contribution in [3.8, 4) is 11.1 Å². The van der Waals surface area contributed by atoms with Gasteiger partial charge in [0.1, 0.15) is 0 Å². The van der Waals surface area contributed by atoms with E-state index in [1.165, 1.54) is 43.8 Å². The van der Waals surface area contributed by atoms with Crippen molar-refractivity contribution < 1.29 is 0 Å². The molecule has 34 heavy (non-hydrogen) atoms. The van der Waals surface area contributed by atoms with E-state index < -0.39 is 7.92 Å². The maximum atomic E-state index is 12.9. The molecule has 2 heterocycles. The quantitative estimate of drug-likeness (QED) is 0.259. The van der Waals surface area contributed by atoms with E-state index in [9.17, 15) is 4.79 Å². The topological polar surface area (TPSA) is 32.9 Å². The summed E-state index contributed by atoms with van der Waals surface area (Å²) in [7, 11) is -0.622. The Balaban J connectivity index is 1.53. The molecule has 162 valence electrons. The van der Waals surface area contributed by atoms with E-state index in [1.807, 2.05) is 24.3 Å². The molecule has 0 spiro atoms. The molecular weight excluding hydrogens is 433 g/mol. The second-order valence-electron chi connectivity index (χ2n) is 9.07. The van der Waals surface area contributed by atoms with Crippen molar-refractivity contribution in [2.45, 2.75) is 12.3 Å². The lowest BCUT2D eigenvalue weighted by Gasteiger charge is -2.17. The lowest BCUT2D eigenvalue weighted by Crippen LogP contribution is -2.19. The molecule has 3 heteroatoms. The number of hydrogen-bond donors (Lipinski definition) is 1. The number of pyridine rings is 1. The van der Waals surface area contributed by atoms with Gasteiger partial charge in [0.15, 0.2) is 0 Å². The summed E-state index contributed by atoms with van der Waals surface area (Å²) in [5, 5.41) is 6.93. The third-order valence-corrected chi connectivity index (χ3v) is 9.45. The van der Waals surface area contributed by atoms with Crippen LogP contribution in [-0.2, 0) is 12.3 Å². The third kappa shape index (κ3) is 3.03. The van der Waals surface area contributed by atoms with Crippen LogP contribution in [0, 0.1) is 0 Å². The zero-order valence-corrected chi connectivity index (χ0v) is 19.5. The fourth-order valence-corrected chi connectivity index (χ4v) is 7.88. The van der Waals surface area contributed by atoms with Gasteiger partial charge >= 0.3 is 0 Å². The minimum absolute atomic E-state index is 0.0114. The number of fused-ring (bicyclic) bond motifs is 8. The van der Waals surface area contributed by atoms with Gasteiger partial charge in [-0.1, -0.05) is 91.0 Å². The van der Waals surface area contributed by atoms with Crippen molar-refractivity contribution in [3.63, 3.8) is 0 Å². The van der Waals surface area contributed by atoms with Crippen molar-refractivity contribution in [1.82, 2.24) is 4.98 Å². The Morgan fingerprint density at radius 2 is 1.06 bits per heavy atom. The molecule has 1 aromatic heterocycles. The SMILES string of the molecule is O=c1[nH]c(P2Cc3ccc4ccccc4c3-c3c(ccc4ccccc34)C2)cc2ccccc12. The van der Waals surface area contributed by atoms with E-state index in [0.29, 0.717) is 0 Å². The molecule has 1 aliphatic rings. The predicted molar refractivity (Wildman–Crippen MR) is 145 cm³/mol. The molecule has 0 atom stereocenters. The minimum atomic E-state index is -0.622. The molecule has 2 nitrogen and oxygen atoms in total. The van der Waals surface area contributed by atoms with Crippen LogP contribution in [0.25, 0.3) is 43.4 Å². The van der Waals surface area contributed by atoms with Crippen LogP contribution in [-0.4, -0.2) is 4.98 Å². The van der Waals surface area contributed by atoms with Gasteiger partial charge in [-0.05, 0) is 81.6 Å². The van der Waals surface area contributed by atoms with Crippen LogP contribution in [0.2, 0.25) is 0 Å². The summed E-state index contributed by atoms with van der Waals surface area (Å²) in [6, 6.07) is 36.6. The van der Waals surface area contributed by atoms with Crippen LogP contribution in [0.3, 0.4) is 0 Å². The van der Waals surface area contributed by atoms with Gasteiger partial charge in [0.2, 0.25) is 0 Å². The van der Waals surface area contributed by atoms with Crippen molar-refractivity contribution >= 4 is 45.7 Å². The van der Waals surface area contributed by atoms with Crippen molar-refractivity contribution in [2.24, 2.45) is 0 Å². The van der Waals surface area contributed by atoms with Crippen LogP contribution in [0.5, 0.6) is 0 Å². The molecular formula is C31H22NOP. The van der Waals surface area contributed by atoms with Gasteiger partial charge in [0.05, 0.1) is 0 Å². The van der Waals surface area contributed by atoms with Gasteiger partial charge in [-0.15, -0.1) is 0 Å². The lowest BCUT2D eigenvalue weighted by atomic mass is 9.88. The van der Waals surface area contributed by atoms with Crippen LogP contribution >= 0.6 is 7.92 Å². The van der Waals surface area contributed by atoms with E-state index in [0.717, 1.165) is 28.5 Å². The number of benzene rings is 5. The Bertz CT molecular complexity index is 1710. The number of nitrogens with one attached hydrogen (secondary N) is 1. The standard InChI is InChI=1S/C31H22NOP/c33-31-27-12-6-3-9-22(27)17-28(32-31)34-18-23-15-13-20-7-1-4-10-25(20)29(23)30-24(19-34)16-14-21-8-2-5-11-26(21)30/h1-17H,18-19H2,(H,32,33). The second kappa shape index (κ2) is 7.65. The number of aromatic amines is 1. The third-order valence-electron chi connectivity index (χ3n) is 7.08. The van der Waals surface area contributed by atoms with Crippen LogP contribution in [0.1, 0.15) is 11.1 Å². The first kappa shape index (κ1) is 19.7. The summed E-state index contributed by atoms with van der Waals surface area (Å²) in [4.78, 5) is 16.2. The minimum Gasteiger partial charge on any atom is -0.322 e. The summed E-state index contributed by atoms with van der Waals surface area (Å²) in [5.74, 6) is 0. The summed E-state index contributed by atoms with van der Waals surface area (Å²) in [5.41, 5.74) is 6.55. The first-order valence-corrected chi connectivity index (χ1v) is 13.4. The number of rotatable bonds is 1. The van der Waals surface area contributed by atoms with E-state index >= 15 is 0 Å².